The second kappa shape index (κ2) is 8.10. The van der Waals surface area contributed by atoms with Crippen molar-refractivity contribution in [2.24, 2.45) is 10.9 Å². The molecule has 1 atom stereocenters. The lowest BCUT2D eigenvalue weighted by Gasteiger charge is -2.17. The largest absolute Gasteiger partial charge is 0.352 e. The van der Waals surface area contributed by atoms with Crippen LogP contribution in [0.3, 0.4) is 0 Å². The predicted molar refractivity (Wildman–Crippen MR) is 149 cm³/mol. The minimum absolute atomic E-state index is 0.0719. The third-order valence-electron chi connectivity index (χ3n) is 8.58. The van der Waals surface area contributed by atoms with Gasteiger partial charge in [0.05, 0.1) is 5.71 Å². The van der Waals surface area contributed by atoms with E-state index in [1.807, 2.05) is 25.1 Å². The van der Waals surface area contributed by atoms with Crippen LogP contribution in [0.15, 0.2) is 53.5 Å². The monoisotopic (exact) mass is 539 g/mol. The molecular weight excluding hydrogens is 514 g/mol. The molecule has 6 nitrogen and oxygen atoms in total. The zero-order valence-corrected chi connectivity index (χ0v) is 22.6. The number of aromatic nitrogens is 3. The summed E-state index contributed by atoms with van der Waals surface area (Å²) in [6, 6.07) is 16.6. The molecule has 0 bridgehead atoms. The normalized spacial score (nSPS) is 20.4. The van der Waals surface area contributed by atoms with Crippen molar-refractivity contribution in [1.29, 1.82) is 0 Å². The molecule has 1 aliphatic heterocycles. The van der Waals surface area contributed by atoms with Crippen LogP contribution in [-0.4, -0.2) is 32.4 Å². The maximum absolute atomic E-state index is 13.5. The van der Waals surface area contributed by atoms with Crippen LogP contribution in [-0.2, 0) is 36.0 Å². The van der Waals surface area contributed by atoms with Crippen molar-refractivity contribution in [3.63, 3.8) is 0 Å². The Morgan fingerprint density at radius 1 is 1.03 bits per heavy atom. The molecule has 8 heteroatoms. The molecule has 1 amide bonds. The van der Waals surface area contributed by atoms with Gasteiger partial charge in [-0.2, -0.15) is 0 Å². The van der Waals surface area contributed by atoms with Crippen molar-refractivity contribution >= 4 is 34.6 Å². The predicted octanol–water partition coefficient (Wildman–Crippen LogP) is 5.13. The number of carbonyl (C=O) groups excluding carboxylic acids is 1. The molecule has 38 heavy (non-hydrogen) atoms. The van der Waals surface area contributed by atoms with Crippen molar-refractivity contribution < 1.29 is 4.79 Å². The van der Waals surface area contributed by atoms with E-state index in [1.54, 1.807) is 11.3 Å². The topological polar surface area (TPSA) is 72.2 Å². The number of aliphatic imine (C=N–C) groups is 1. The van der Waals surface area contributed by atoms with Gasteiger partial charge in [-0.1, -0.05) is 54.1 Å². The number of nitrogens with one attached hydrogen (secondary N) is 1. The van der Waals surface area contributed by atoms with Crippen LogP contribution >= 0.6 is 22.9 Å². The highest BCUT2D eigenvalue weighted by molar-refractivity contribution is 7.15. The summed E-state index contributed by atoms with van der Waals surface area (Å²) < 4.78 is 2.21. The zero-order chi connectivity index (χ0) is 25.6. The lowest BCUT2D eigenvalue weighted by molar-refractivity contribution is -0.125. The first kappa shape index (κ1) is 22.7. The van der Waals surface area contributed by atoms with Gasteiger partial charge in [0.15, 0.2) is 5.82 Å². The van der Waals surface area contributed by atoms with Gasteiger partial charge in [0.1, 0.15) is 16.4 Å². The van der Waals surface area contributed by atoms with Gasteiger partial charge in [-0.3, -0.25) is 14.4 Å². The quantitative estimate of drug-likeness (QED) is 0.392. The van der Waals surface area contributed by atoms with E-state index in [0.717, 1.165) is 65.6 Å². The SMILES string of the molecule is Cc1nnc2n1-c1sc3c(c1C(c1ccccc1Cl)=NC21CC1)C[C@H](C(=O)NC1Cc2ccccc2C1)C3. The van der Waals surface area contributed by atoms with Gasteiger partial charge < -0.3 is 5.32 Å². The van der Waals surface area contributed by atoms with Gasteiger partial charge in [-0.05, 0) is 68.2 Å². The zero-order valence-electron chi connectivity index (χ0n) is 21.0. The summed E-state index contributed by atoms with van der Waals surface area (Å²) >= 11 is 8.53. The van der Waals surface area contributed by atoms with E-state index in [2.05, 4.69) is 50.4 Å². The molecule has 4 aliphatic rings. The molecule has 4 aromatic rings. The van der Waals surface area contributed by atoms with Gasteiger partial charge in [0.2, 0.25) is 5.91 Å². The van der Waals surface area contributed by atoms with Crippen LogP contribution in [0, 0.1) is 12.8 Å². The summed E-state index contributed by atoms with van der Waals surface area (Å²) in [4.78, 5) is 20.1. The molecule has 1 spiro atoms. The average Bonchev–Trinajstić information content (AvgIpc) is 3.21. The van der Waals surface area contributed by atoms with E-state index in [9.17, 15) is 4.79 Å². The van der Waals surface area contributed by atoms with E-state index in [1.165, 1.54) is 21.6 Å². The molecular formula is C30H26ClN5OS. The standard InChI is InChI=1S/C30H26ClN5OS/c1-16-34-35-29-30(10-11-30)33-26(21-8-4-5-9-23(21)31)25-22-14-19(15-24(22)38-28(25)36(16)29)27(37)32-20-12-17-6-2-3-7-18(17)13-20/h2-9,19-20H,10-15H2,1H3,(H,32,37)/t19-/m0/s1. The Labute approximate surface area is 229 Å². The number of carbonyl (C=O) groups is 1. The third-order valence-corrected chi connectivity index (χ3v) is 10.2. The van der Waals surface area contributed by atoms with Crippen molar-refractivity contribution in [2.45, 2.75) is 57.0 Å². The number of fused-ring (bicyclic) bond motifs is 7. The van der Waals surface area contributed by atoms with Gasteiger partial charge in [-0.15, -0.1) is 21.5 Å². The number of hydrogen-bond donors (Lipinski definition) is 1. The summed E-state index contributed by atoms with van der Waals surface area (Å²) in [6.45, 7) is 2.01. The number of halogens is 1. The maximum atomic E-state index is 13.5. The Kier molecular flexibility index (Phi) is 4.84. The molecule has 0 radical (unpaired) electrons. The average molecular weight is 540 g/mol. The first-order valence-electron chi connectivity index (χ1n) is 13.3. The number of hydrogen-bond acceptors (Lipinski definition) is 5. The minimum atomic E-state index is -0.353. The molecule has 190 valence electrons. The van der Waals surface area contributed by atoms with Crippen LogP contribution < -0.4 is 5.32 Å². The second-order valence-corrected chi connectivity index (χ2v) is 12.5. The number of benzene rings is 2. The number of rotatable bonds is 3. The van der Waals surface area contributed by atoms with Gasteiger partial charge in [-0.25, -0.2) is 0 Å². The number of amides is 1. The molecule has 0 unspecified atom stereocenters. The fraction of sp³-hybridized carbons (Fsp3) is 0.333. The molecule has 0 saturated heterocycles. The highest BCUT2D eigenvalue weighted by atomic mass is 35.5. The van der Waals surface area contributed by atoms with E-state index in [0.29, 0.717) is 11.4 Å². The summed E-state index contributed by atoms with van der Waals surface area (Å²) in [6.07, 6.45) is 5.17. The molecule has 3 heterocycles. The Hall–Kier alpha value is -3.29. The summed E-state index contributed by atoms with van der Waals surface area (Å²) in [5.41, 5.74) is 6.55. The Bertz CT molecular complexity index is 1650. The molecule has 2 aromatic heterocycles. The van der Waals surface area contributed by atoms with E-state index >= 15 is 0 Å². The minimum Gasteiger partial charge on any atom is -0.352 e. The van der Waals surface area contributed by atoms with Gasteiger partial charge in [0, 0.05) is 33.0 Å². The van der Waals surface area contributed by atoms with Crippen LogP contribution in [0.5, 0.6) is 0 Å². The fourth-order valence-electron chi connectivity index (χ4n) is 6.52. The molecule has 1 fully saturated rings. The second-order valence-electron chi connectivity index (χ2n) is 11.0. The Balaban J connectivity index is 1.17. The molecule has 1 N–H and O–H groups in total. The number of aryl methyl sites for hydroxylation is 1. The van der Waals surface area contributed by atoms with Crippen LogP contribution in [0.1, 0.15) is 57.2 Å². The van der Waals surface area contributed by atoms with E-state index in [-0.39, 0.29) is 23.4 Å². The summed E-state index contributed by atoms with van der Waals surface area (Å²) in [5.74, 6) is 1.88. The molecule has 8 rings (SSSR count). The van der Waals surface area contributed by atoms with E-state index < -0.39 is 0 Å². The van der Waals surface area contributed by atoms with Crippen LogP contribution in [0.25, 0.3) is 5.00 Å². The van der Waals surface area contributed by atoms with Crippen molar-refractivity contribution in [3.05, 3.63) is 97.9 Å². The van der Waals surface area contributed by atoms with Gasteiger partial charge >= 0.3 is 0 Å². The Morgan fingerprint density at radius 3 is 2.50 bits per heavy atom. The third kappa shape index (κ3) is 3.31. The number of thiophene rings is 1. The number of nitrogens with zero attached hydrogens (tertiary/aromatic N) is 4. The highest BCUT2D eigenvalue weighted by Crippen LogP contribution is 2.54. The van der Waals surface area contributed by atoms with Crippen molar-refractivity contribution in [2.75, 3.05) is 0 Å². The van der Waals surface area contributed by atoms with Crippen LogP contribution in [0.2, 0.25) is 5.02 Å². The van der Waals surface area contributed by atoms with Crippen LogP contribution in [0.4, 0.5) is 0 Å². The van der Waals surface area contributed by atoms with Crippen molar-refractivity contribution in [3.8, 4) is 5.00 Å². The Morgan fingerprint density at radius 2 is 1.76 bits per heavy atom. The summed E-state index contributed by atoms with van der Waals surface area (Å²) in [7, 11) is 0. The first-order chi connectivity index (χ1) is 18.5. The maximum Gasteiger partial charge on any atom is 0.224 e. The summed E-state index contributed by atoms with van der Waals surface area (Å²) in [5, 5.41) is 14.2. The molecule has 2 aromatic carbocycles. The van der Waals surface area contributed by atoms with Crippen molar-refractivity contribution in [1.82, 2.24) is 20.1 Å². The lowest BCUT2D eigenvalue weighted by atomic mass is 9.97. The molecule has 1 saturated carbocycles. The lowest BCUT2D eigenvalue weighted by Crippen LogP contribution is -2.39. The van der Waals surface area contributed by atoms with Gasteiger partial charge in [0.25, 0.3) is 0 Å². The van der Waals surface area contributed by atoms with E-state index in [4.69, 9.17) is 16.6 Å². The highest BCUT2D eigenvalue weighted by Gasteiger charge is 2.52. The first-order valence-corrected chi connectivity index (χ1v) is 14.5. The smallest absolute Gasteiger partial charge is 0.224 e. The molecule has 3 aliphatic carbocycles. The fourth-order valence-corrected chi connectivity index (χ4v) is 8.20.